The summed E-state index contributed by atoms with van der Waals surface area (Å²) in [7, 11) is 1.36. The van der Waals surface area contributed by atoms with Gasteiger partial charge in [-0.2, -0.15) is 0 Å². The number of carbonyl (C=O) groups is 2. The van der Waals surface area contributed by atoms with Gasteiger partial charge < -0.3 is 29.4 Å². The third-order valence-corrected chi connectivity index (χ3v) is 4.71. The van der Waals surface area contributed by atoms with Gasteiger partial charge in [-0.05, 0) is 20.3 Å². The monoisotopic (exact) mass is 422 g/mol. The molecule has 0 radical (unpaired) electrons. The molecule has 2 N–H and O–H groups in total. The first-order valence-corrected chi connectivity index (χ1v) is 9.89. The molecule has 1 amide bonds. The number of carbonyl (C=O) groups excluding carboxylic acids is 2. The van der Waals surface area contributed by atoms with Crippen LogP contribution in [0.2, 0.25) is 0 Å². The molecule has 0 bridgehead atoms. The van der Waals surface area contributed by atoms with Crippen LogP contribution in [0.25, 0.3) is 0 Å². The highest BCUT2D eigenvalue weighted by atomic mass is 16.6. The maximum atomic E-state index is 12.7. The normalized spacial score (nSPS) is 24.7. The molecule has 4 atom stereocenters. The summed E-state index contributed by atoms with van der Waals surface area (Å²) < 4.78 is 22.4. The van der Waals surface area contributed by atoms with Gasteiger partial charge in [0.2, 0.25) is 0 Å². The van der Waals surface area contributed by atoms with Crippen LogP contribution in [0.15, 0.2) is 24.4 Å². The molecule has 9 nitrogen and oxygen atoms in total. The number of esters is 1. The van der Waals surface area contributed by atoms with E-state index in [1.165, 1.54) is 19.4 Å². The summed E-state index contributed by atoms with van der Waals surface area (Å²) in [6.07, 6.45) is 0.866. The van der Waals surface area contributed by atoms with Crippen LogP contribution in [0.3, 0.4) is 0 Å². The first kappa shape index (κ1) is 23.6. The number of methoxy groups -OCH3 is 1. The maximum absolute atomic E-state index is 12.7. The molecule has 0 spiro atoms. The van der Waals surface area contributed by atoms with Crippen molar-refractivity contribution in [2.45, 2.75) is 58.0 Å². The van der Waals surface area contributed by atoms with E-state index in [-0.39, 0.29) is 30.6 Å². The molecule has 166 valence electrons. The Labute approximate surface area is 176 Å². The van der Waals surface area contributed by atoms with E-state index >= 15 is 0 Å². The van der Waals surface area contributed by atoms with Crippen molar-refractivity contribution in [1.29, 1.82) is 0 Å². The van der Waals surface area contributed by atoms with Crippen molar-refractivity contribution in [2.24, 2.45) is 0 Å². The lowest BCUT2D eigenvalue weighted by atomic mass is 10.1. The zero-order valence-electron chi connectivity index (χ0n) is 17.8. The number of cyclic esters (lactones) is 1. The molecular weight excluding hydrogens is 392 g/mol. The summed E-state index contributed by atoms with van der Waals surface area (Å²) in [4.78, 5) is 29.2. The molecule has 1 aliphatic heterocycles. The Morgan fingerprint density at radius 3 is 2.83 bits per heavy atom. The summed E-state index contributed by atoms with van der Waals surface area (Å²) in [5, 5.41) is 12.7. The van der Waals surface area contributed by atoms with Crippen molar-refractivity contribution in [2.75, 3.05) is 20.3 Å². The van der Waals surface area contributed by atoms with Crippen molar-refractivity contribution in [3.8, 4) is 11.5 Å². The van der Waals surface area contributed by atoms with E-state index in [2.05, 4.69) is 16.9 Å². The topological polar surface area (TPSA) is 116 Å². The van der Waals surface area contributed by atoms with Crippen molar-refractivity contribution < 1.29 is 33.6 Å². The Morgan fingerprint density at radius 1 is 1.47 bits per heavy atom. The average Bonchev–Trinajstić information content (AvgIpc) is 2.75. The van der Waals surface area contributed by atoms with E-state index in [0.29, 0.717) is 13.0 Å². The summed E-state index contributed by atoms with van der Waals surface area (Å²) in [6.45, 7) is 9.91. The lowest BCUT2D eigenvalue weighted by Gasteiger charge is -2.30. The minimum atomic E-state index is -0.968. The fraction of sp³-hybridized carbons (Fsp3) is 0.571. The van der Waals surface area contributed by atoms with Gasteiger partial charge in [-0.3, -0.25) is 4.79 Å². The van der Waals surface area contributed by atoms with E-state index in [1.54, 1.807) is 6.92 Å². The molecule has 9 heteroatoms. The summed E-state index contributed by atoms with van der Waals surface area (Å²) in [6, 6.07) is 0.455. The molecule has 30 heavy (non-hydrogen) atoms. The van der Waals surface area contributed by atoms with Crippen molar-refractivity contribution in [3.05, 3.63) is 30.1 Å². The second-order valence-electron chi connectivity index (χ2n) is 7.22. The van der Waals surface area contributed by atoms with E-state index < -0.39 is 35.9 Å². The number of nitrogens with zero attached hydrogens (tertiary/aromatic N) is 1. The molecule has 1 aliphatic rings. The molecule has 0 unspecified atom stereocenters. The Kier molecular flexibility index (Phi) is 8.61. The number of rotatable bonds is 7. The quantitative estimate of drug-likeness (QED) is 0.506. The van der Waals surface area contributed by atoms with Crippen LogP contribution in [0.4, 0.5) is 0 Å². The number of nitrogens with one attached hydrogen (secondary N) is 1. The molecule has 1 fully saturated rings. The van der Waals surface area contributed by atoms with E-state index in [9.17, 15) is 14.7 Å². The fourth-order valence-electron chi connectivity index (χ4n) is 3.14. The van der Waals surface area contributed by atoms with Crippen LogP contribution in [-0.4, -0.2) is 66.6 Å². The lowest BCUT2D eigenvalue weighted by molar-refractivity contribution is -0.163. The Morgan fingerprint density at radius 2 is 2.20 bits per heavy atom. The summed E-state index contributed by atoms with van der Waals surface area (Å²) >= 11 is 0. The number of pyridine rings is 1. The van der Waals surface area contributed by atoms with Crippen molar-refractivity contribution in [3.63, 3.8) is 0 Å². The van der Waals surface area contributed by atoms with Crippen LogP contribution >= 0.6 is 0 Å². The van der Waals surface area contributed by atoms with E-state index in [0.717, 1.165) is 5.57 Å². The molecular formula is C21H30N2O7. The molecule has 0 aliphatic carbocycles. The van der Waals surface area contributed by atoms with Crippen molar-refractivity contribution >= 4 is 11.9 Å². The largest absolute Gasteiger partial charge is 0.503 e. The van der Waals surface area contributed by atoms with Gasteiger partial charge >= 0.3 is 5.97 Å². The van der Waals surface area contributed by atoms with Gasteiger partial charge in [-0.1, -0.05) is 19.1 Å². The molecule has 1 aromatic heterocycles. The van der Waals surface area contributed by atoms with Gasteiger partial charge in [0, 0.05) is 25.3 Å². The first-order valence-electron chi connectivity index (χ1n) is 9.89. The number of ether oxygens (including phenoxy) is 4. The van der Waals surface area contributed by atoms with Gasteiger partial charge in [0.05, 0.1) is 19.8 Å². The van der Waals surface area contributed by atoms with Crippen LogP contribution in [0.1, 0.15) is 44.1 Å². The highest BCUT2D eigenvalue weighted by Gasteiger charge is 2.35. The molecule has 1 saturated heterocycles. The number of aromatic hydroxyl groups is 1. The SMILES string of the molecule is C=C(C)CO[C@H]1[C@H](C)OC(=O)[C@@H](NC(=O)c2nccc(OC)c2O)CCO[C@@H]1CC. The number of hydrogen-bond acceptors (Lipinski definition) is 8. The van der Waals surface area contributed by atoms with Crippen LogP contribution in [0, 0.1) is 0 Å². The van der Waals surface area contributed by atoms with Gasteiger partial charge in [0.25, 0.3) is 5.91 Å². The van der Waals surface area contributed by atoms with E-state index in [1.807, 2.05) is 13.8 Å². The van der Waals surface area contributed by atoms with Gasteiger partial charge in [-0.15, -0.1) is 0 Å². The lowest BCUT2D eigenvalue weighted by Crippen LogP contribution is -2.45. The zero-order chi connectivity index (χ0) is 22.3. The Bertz CT molecular complexity index is 768. The second-order valence-corrected chi connectivity index (χ2v) is 7.22. The number of hydrogen-bond donors (Lipinski definition) is 2. The second kappa shape index (κ2) is 10.9. The molecule has 2 rings (SSSR count). The van der Waals surface area contributed by atoms with Crippen LogP contribution in [-0.2, 0) is 19.0 Å². The highest BCUT2D eigenvalue weighted by Crippen LogP contribution is 2.27. The van der Waals surface area contributed by atoms with Crippen LogP contribution < -0.4 is 10.1 Å². The van der Waals surface area contributed by atoms with Gasteiger partial charge in [-0.25, -0.2) is 9.78 Å². The Balaban J connectivity index is 2.15. The van der Waals surface area contributed by atoms with Crippen LogP contribution in [0.5, 0.6) is 11.5 Å². The van der Waals surface area contributed by atoms with Gasteiger partial charge in [0.1, 0.15) is 18.2 Å². The number of aromatic nitrogens is 1. The minimum absolute atomic E-state index is 0.104. The average molecular weight is 422 g/mol. The highest BCUT2D eigenvalue weighted by molar-refractivity contribution is 5.97. The summed E-state index contributed by atoms with van der Waals surface area (Å²) in [5.74, 6) is -1.63. The molecule has 2 heterocycles. The molecule has 1 aromatic rings. The van der Waals surface area contributed by atoms with Crippen molar-refractivity contribution in [1.82, 2.24) is 10.3 Å². The zero-order valence-corrected chi connectivity index (χ0v) is 17.8. The third kappa shape index (κ3) is 5.93. The smallest absolute Gasteiger partial charge is 0.329 e. The predicted octanol–water partition coefficient (Wildman–Crippen LogP) is 1.99. The predicted molar refractivity (Wildman–Crippen MR) is 108 cm³/mol. The molecule has 0 aromatic carbocycles. The minimum Gasteiger partial charge on any atom is -0.503 e. The summed E-state index contributed by atoms with van der Waals surface area (Å²) in [5.41, 5.74) is 0.601. The first-order chi connectivity index (χ1) is 14.3. The number of amides is 1. The third-order valence-electron chi connectivity index (χ3n) is 4.71. The van der Waals surface area contributed by atoms with Gasteiger partial charge in [0.15, 0.2) is 17.2 Å². The Hall–Kier alpha value is -2.65. The fourth-order valence-corrected chi connectivity index (χ4v) is 3.14. The van der Waals surface area contributed by atoms with E-state index in [4.69, 9.17) is 18.9 Å². The molecule has 0 saturated carbocycles. The standard InChI is InChI=1S/C21H30N2O7/c1-6-15-19(29-11-12(2)3)13(4)30-21(26)14(8-10-28-15)23-20(25)17-18(24)16(27-5)7-9-22-17/h7,9,13-15,19,24H,2,6,8,10-11H2,1,3-5H3,(H,23,25)/t13-,14-,15+,19-/m0/s1. The maximum Gasteiger partial charge on any atom is 0.329 e.